The third-order valence-electron chi connectivity index (χ3n) is 1.70. The minimum absolute atomic E-state index is 0.537. The lowest BCUT2D eigenvalue weighted by atomic mass is 10.3. The monoisotopic (exact) mass is 293 g/mol. The Morgan fingerprint density at radius 1 is 1.36 bits per heavy atom. The van der Waals surface area contributed by atoms with E-state index < -0.39 is 0 Å². The Kier molecular flexibility index (Phi) is 4.79. The van der Waals surface area contributed by atoms with Crippen molar-refractivity contribution in [1.82, 2.24) is 0 Å². The predicted molar refractivity (Wildman–Crippen MR) is 67.5 cm³/mol. The molecule has 0 radical (unpaired) electrons. The van der Waals surface area contributed by atoms with E-state index in [4.69, 9.17) is 23.2 Å². The second kappa shape index (κ2) is 5.64. The van der Waals surface area contributed by atoms with Crippen molar-refractivity contribution in [2.75, 3.05) is 11.9 Å². The van der Waals surface area contributed by atoms with Gasteiger partial charge in [-0.1, -0.05) is 29.3 Å². The zero-order valence-corrected chi connectivity index (χ0v) is 10.6. The van der Waals surface area contributed by atoms with E-state index in [9.17, 15) is 0 Å². The lowest BCUT2D eigenvalue weighted by Gasteiger charge is -2.09. The van der Waals surface area contributed by atoms with Crippen LogP contribution in [0.4, 0.5) is 5.69 Å². The molecule has 0 unspecified atom stereocenters. The number of halogens is 3. The SMILES string of the molecule is C=CCCNc1ccc(Br)c(Cl)c1Cl. The fourth-order valence-corrected chi connectivity index (χ4v) is 1.81. The third-order valence-corrected chi connectivity index (χ3v) is 3.47. The molecule has 1 aromatic rings. The van der Waals surface area contributed by atoms with Gasteiger partial charge in [0.15, 0.2) is 0 Å². The number of hydrogen-bond donors (Lipinski definition) is 1. The number of nitrogens with one attached hydrogen (secondary N) is 1. The molecule has 0 bridgehead atoms. The summed E-state index contributed by atoms with van der Waals surface area (Å²) >= 11 is 15.3. The largest absolute Gasteiger partial charge is 0.383 e. The van der Waals surface area contributed by atoms with Gasteiger partial charge in [-0.25, -0.2) is 0 Å². The minimum atomic E-state index is 0.537. The number of benzene rings is 1. The fourth-order valence-electron chi connectivity index (χ4n) is 0.971. The molecule has 0 aromatic heterocycles. The first-order valence-electron chi connectivity index (χ1n) is 4.15. The first-order chi connectivity index (χ1) is 6.66. The Hall–Kier alpha value is -0.180. The number of hydrogen-bond acceptors (Lipinski definition) is 1. The van der Waals surface area contributed by atoms with E-state index in [-0.39, 0.29) is 0 Å². The summed E-state index contributed by atoms with van der Waals surface area (Å²) in [6.07, 6.45) is 2.74. The van der Waals surface area contributed by atoms with Crippen molar-refractivity contribution in [3.05, 3.63) is 39.3 Å². The van der Waals surface area contributed by atoms with Gasteiger partial charge in [-0.2, -0.15) is 0 Å². The Bertz CT molecular complexity index is 339. The molecule has 76 valence electrons. The molecule has 0 heterocycles. The molecular formula is C10H10BrCl2N. The molecule has 0 fully saturated rings. The topological polar surface area (TPSA) is 12.0 Å². The van der Waals surface area contributed by atoms with Crippen molar-refractivity contribution in [3.63, 3.8) is 0 Å². The maximum absolute atomic E-state index is 6.03. The van der Waals surface area contributed by atoms with Gasteiger partial charge in [0.2, 0.25) is 0 Å². The highest BCUT2D eigenvalue weighted by molar-refractivity contribution is 9.10. The quantitative estimate of drug-likeness (QED) is 0.480. The van der Waals surface area contributed by atoms with Gasteiger partial charge in [0.1, 0.15) is 0 Å². The van der Waals surface area contributed by atoms with E-state index in [2.05, 4.69) is 27.8 Å². The lowest BCUT2D eigenvalue weighted by Crippen LogP contribution is -2.00. The van der Waals surface area contributed by atoms with Crippen molar-refractivity contribution in [2.24, 2.45) is 0 Å². The molecule has 0 aliphatic carbocycles. The van der Waals surface area contributed by atoms with Gasteiger partial charge < -0.3 is 5.32 Å². The molecule has 14 heavy (non-hydrogen) atoms. The van der Waals surface area contributed by atoms with E-state index in [1.807, 2.05) is 18.2 Å². The normalized spacial score (nSPS) is 9.93. The standard InChI is InChI=1S/C10H10BrCl2N/c1-2-3-6-14-8-5-4-7(11)9(12)10(8)13/h2,4-5,14H,1,3,6H2. The summed E-state index contributed by atoms with van der Waals surface area (Å²) in [5, 5.41) is 4.26. The van der Waals surface area contributed by atoms with E-state index in [0.717, 1.165) is 23.1 Å². The lowest BCUT2D eigenvalue weighted by molar-refractivity contribution is 1.07. The van der Waals surface area contributed by atoms with Crippen molar-refractivity contribution in [2.45, 2.75) is 6.42 Å². The Morgan fingerprint density at radius 2 is 2.07 bits per heavy atom. The molecule has 0 spiro atoms. The van der Waals surface area contributed by atoms with Crippen LogP contribution >= 0.6 is 39.1 Å². The molecule has 0 amide bonds. The summed E-state index contributed by atoms with van der Waals surface area (Å²) in [5.74, 6) is 0. The highest BCUT2D eigenvalue weighted by Crippen LogP contribution is 2.35. The molecule has 0 saturated carbocycles. The van der Waals surface area contributed by atoms with Crippen molar-refractivity contribution < 1.29 is 0 Å². The summed E-state index contributed by atoms with van der Waals surface area (Å²) in [7, 11) is 0. The van der Waals surface area contributed by atoms with Crippen LogP contribution < -0.4 is 5.32 Å². The highest BCUT2D eigenvalue weighted by atomic mass is 79.9. The van der Waals surface area contributed by atoms with E-state index in [0.29, 0.717) is 10.0 Å². The average molecular weight is 295 g/mol. The molecule has 1 N–H and O–H groups in total. The first-order valence-corrected chi connectivity index (χ1v) is 5.70. The van der Waals surface area contributed by atoms with Crippen LogP contribution in [-0.4, -0.2) is 6.54 Å². The maximum Gasteiger partial charge on any atom is 0.0835 e. The van der Waals surface area contributed by atoms with Crippen LogP contribution in [-0.2, 0) is 0 Å². The molecule has 1 rings (SSSR count). The predicted octanol–water partition coefficient (Wildman–Crippen LogP) is 4.74. The van der Waals surface area contributed by atoms with Gasteiger partial charge >= 0.3 is 0 Å². The van der Waals surface area contributed by atoms with Crippen LogP contribution in [0.25, 0.3) is 0 Å². The van der Waals surface area contributed by atoms with Gasteiger partial charge in [0.05, 0.1) is 15.7 Å². The van der Waals surface area contributed by atoms with Crippen molar-refractivity contribution >= 4 is 44.8 Å². The zero-order chi connectivity index (χ0) is 10.6. The summed E-state index contributed by atoms with van der Waals surface area (Å²) in [5.41, 5.74) is 0.849. The Balaban J connectivity index is 2.78. The van der Waals surface area contributed by atoms with Crippen molar-refractivity contribution in [3.8, 4) is 0 Å². The van der Waals surface area contributed by atoms with E-state index in [1.165, 1.54) is 0 Å². The van der Waals surface area contributed by atoms with Gasteiger partial charge in [0.25, 0.3) is 0 Å². The Morgan fingerprint density at radius 3 is 2.71 bits per heavy atom. The number of anilines is 1. The van der Waals surface area contributed by atoms with E-state index in [1.54, 1.807) is 0 Å². The summed E-state index contributed by atoms with van der Waals surface area (Å²) in [4.78, 5) is 0. The molecule has 0 aliphatic rings. The highest BCUT2D eigenvalue weighted by Gasteiger charge is 2.07. The molecule has 4 heteroatoms. The molecule has 1 aromatic carbocycles. The van der Waals surface area contributed by atoms with Gasteiger partial charge in [0, 0.05) is 11.0 Å². The van der Waals surface area contributed by atoms with Crippen molar-refractivity contribution in [1.29, 1.82) is 0 Å². The minimum Gasteiger partial charge on any atom is -0.383 e. The van der Waals surface area contributed by atoms with Crippen LogP contribution in [0.5, 0.6) is 0 Å². The molecule has 0 aliphatic heterocycles. The van der Waals surface area contributed by atoms with Crippen LogP contribution in [0.2, 0.25) is 10.0 Å². The fraction of sp³-hybridized carbons (Fsp3) is 0.200. The van der Waals surface area contributed by atoms with Gasteiger partial charge in [-0.05, 0) is 34.5 Å². The van der Waals surface area contributed by atoms with E-state index >= 15 is 0 Å². The van der Waals surface area contributed by atoms with Gasteiger partial charge in [-0.15, -0.1) is 6.58 Å². The van der Waals surface area contributed by atoms with Crippen LogP contribution in [0.3, 0.4) is 0 Å². The molecular weight excluding hydrogens is 285 g/mol. The maximum atomic E-state index is 6.03. The second-order valence-corrected chi connectivity index (χ2v) is 4.34. The third kappa shape index (κ3) is 2.91. The first kappa shape index (κ1) is 11.9. The molecule has 0 atom stereocenters. The second-order valence-electron chi connectivity index (χ2n) is 2.73. The van der Waals surface area contributed by atoms with Crippen LogP contribution in [0.15, 0.2) is 29.3 Å². The molecule has 0 saturated heterocycles. The smallest absolute Gasteiger partial charge is 0.0835 e. The van der Waals surface area contributed by atoms with Gasteiger partial charge in [-0.3, -0.25) is 0 Å². The number of rotatable bonds is 4. The average Bonchev–Trinajstić information content (AvgIpc) is 2.18. The molecule has 1 nitrogen and oxygen atoms in total. The van der Waals surface area contributed by atoms with Crippen LogP contribution in [0.1, 0.15) is 6.42 Å². The van der Waals surface area contributed by atoms with Crippen LogP contribution in [0, 0.1) is 0 Å². The zero-order valence-electron chi connectivity index (χ0n) is 7.49. The summed E-state index contributed by atoms with van der Waals surface area (Å²) in [6, 6.07) is 3.76. The summed E-state index contributed by atoms with van der Waals surface area (Å²) < 4.78 is 0.804. The Labute approximate surface area is 102 Å². The summed E-state index contributed by atoms with van der Waals surface area (Å²) in [6.45, 7) is 4.45.